The van der Waals surface area contributed by atoms with Crippen LogP contribution in [0.25, 0.3) is 0 Å². The number of esters is 1. The molecule has 1 aromatic heterocycles. The third-order valence-corrected chi connectivity index (χ3v) is 5.17. The zero-order valence-electron chi connectivity index (χ0n) is 16.5. The van der Waals surface area contributed by atoms with Gasteiger partial charge in [-0.25, -0.2) is 0 Å². The molecule has 0 saturated carbocycles. The molecule has 0 aliphatic carbocycles. The maximum Gasteiger partial charge on any atom is 0.315 e. The highest BCUT2D eigenvalue weighted by Crippen LogP contribution is 2.39. The fraction of sp³-hybridized carbons (Fsp3) is 0.304. The van der Waals surface area contributed by atoms with E-state index >= 15 is 0 Å². The molecule has 5 nitrogen and oxygen atoms in total. The highest BCUT2D eigenvalue weighted by molar-refractivity contribution is 6.31. The lowest BCUT2D eigenvalue weighted by Gasteiger charge is -2.31. The molecule has 29 heavy (non-hydrogen) atoms. The van der Waals surface area contributed by atoms with Crippen molar-refractivity contribution in [2.45, 2.75) is 26.2 Å². The van der Waals surface area contributed by atoms with Gasteiger partial charge in [0.15, 0.2) is 5.78 Å². The number of halogens is 1. The topological polar surface area (TPSA) is 68.6 Å². The van der Waals surface area contributed by atoms with E-state index in [0.29, 0.717) is 22.7 Å². The first-order valence-corrected chi connectivity index (χ1v) is 10.1. The Morgan fingerprint density at radius 1 is 1.10 bits per heavy atom. The summed E-state index contributed by atoms with van der Waals surface area (Å²) in [5, 5.41) is 0. The Hall–Kier alpha value is -2.79. The molecule has 0 radical (unpaired) electrons. The molecule has 0 spiro atoms. The van der Waals surface area contributed by atoms with Crippen LogP contribution in [0.5, 0.6) is 0 Å². The number of hydrogen-bond donors (Lipinski definition) is 0. The molecule has 0 fully saturated rings. The van der Waals surface area contributed by atoms with E-state index in [9.17, 15) is 9.59 Å². The van der Waals surface area contributed by atoms with Crippen LogP contribution in [0.15, 0.2) is 71.0 Å². The molecule has 6 heteroatoms. The van der Waals surface area contributed by atoms with Crippen molar-refractivity contribution >= 4 is 29.1 Å². The zero-order chi connectivity index (χ0) is 20.8. The number of carbonyl (C=O) groups excluding carboxylic acids is 2. The van der Waals surface area contributed by atoms with E-state index in [4.69, 9.17) is 16.3 Å². The van der Waals surface area contributed by atoms with Gasteiger partial charge in [0, 0.05) is 35.3 Å². The SMILES string of the molecule is CCOC(=O)C1C(CCl)=NC(C)=C(C(=O)Cc2ccccc2)C1c1ccccn1. The monoisotopic (exact) mass is 410 g/mol. The van der Waals surface area contributed by atoms with Crippen molar-refractivity contribution in [1.82, 2.24) is 4.98 Å². The third-order valence-electron chi connectivity index (χ3n) is 4.90. The molecule has 2 aromatic rings. The molecule has 3 rings (SSSR count). The maximum atomic E-state index is 13.3. The standard InChI is InChI=1S/C23H23ClN2O3/c1-3-29-23(28)22-18(14-24)26-15(2)20(21(22)17-11-7-8-12-25-17)19(27)13-16-9-5-4-6-10-16/h4-12,21-22H,3,13-14H2,1-2H3. The molecule has 2 heterocycles. The number of benzene rings is 1. The van der Waals surface area contributed by atoms with Gasteiger partial charge in [0.2, 0.25) is 0 Å². The summed E-state index contributed by atoms with van der Waals surface area (Å²) in [7, 11) is 0. The number of allylic oxidation sites excluding steroid dienone is 2. The summed E-state index contributed by atoms with van der Waals surface area (Å²) >= 11 is 6.13. The number of ketones is 1. The van der Waals surface area contributed by atoms with Gasteiger partial charge in [0.1, 0.15) is 5.92 Å². The minimum absolute atomic E-state index is 0.0737. The van der Waals surface area contributed by atoms with Crippen LogP contribution < -0.4 is 0 Å². The lowest BCUT2D eigenvalue weighted by molar-refractivity contribution is -0.146. The second kappa shape index (κ2) is 9.61. The minimum atomic E-state index is -0.777. The van der Waals surface area contributed by atoms with Gasteiger partial charge in [-0.1, -0.05) is 36.4 Å². The molecule has 150 valence electrons. The van der Waals surface area contributed by atoms with E-state index in [2.05, 4.69) is 9.98 Å². The lowest BCUT2D eigenvalue weighted by Crippen LogP contribution is -2.38. The van der Waals surface area contributed by atoms with Gasteiger partial charge in [0.05, 0.1) is 18.4 Å². The van der Waals surface area contributed by atoms with Crippen LogP contribution in [0.2, 0.25) is 0 Å². The summed E-state index contributed by atoms with van der Waals surface area (Å²) in [6.45, 7) is 3.76. The van der Waals surface area contributed by atoms with Gasteiger partial charge in [-0.2, -0.15) is 0 Å². The van der Waals surface area contributed by atoms with Crippen LogP contribution in [-0.2, 0) is 20.7 Å². The number of carbonyl (C=O) groups is 2. The van der Waals surface area contributed by atoms with E-state index in [0.717, 1.165) is 5.56 Å². The van der Waals surface area contributed by atoms with Crippen molar-refractivity contribution in [2.75, 3.05) is 12.5 Å². The molecule has 0 N–H and O–H groups in total. The molecule has 0 saturated heterocycles. The number of ether oxygens (including phenoxy) is 1. The number of nitrogens with zero attached hydrogens (tertiary/aromatic N) is 2. The van der Waals surface area contributed by atoms with Gasteiger partial charge in [-0.05, 0) is 31.5 Å². The molecular formula is C23H23ClN2O3. The van der Waals surface area contributed by atoms with Crippen molar-refractivity contribution in [3.63, 3.8) is 0 Å². The van der Waals surface area contributed by atoms with Crippen molar-refractivity contribution < 1.29 is 14.3 Å². The van der Waals surface area contributed by atoms with Crippen molar-refractivity contribution in [2.24, 2.45) is 10.9 Å². The number of pyridine rings is 1. The first-order chi connectivity index (χ1) is 14.1. The number of alkyl halides is 1. The number of rotatable bonds is 7. The lowest BCUT2D eigenvalue weighted by atomic mass is 9.75. The largest absolute Gasteiger partial charge is 0.465 e. The summed E-state index contributed by atoms with van der Waals surface area (Å²) < 4.78 is 5.31. The normalized spacial score (nSPS) is 18.9. The summed E-state index contributed by atoms with van der Waals surface area (Å²) in [6.07, 6.45) is 1.87. The first kappa shape index (κ1) is 20.9. The first-order valence-electron chi connectivity index (χ1n) is 9.55. The summed E-state index contributed by atoms with van der Waals surface area (Å²) in [6, 6.07) is 15.0. The van der Waals surface area contributed by atoms with E-state index in [-0.39, 0.29) is 24.7 Å². The van der Waals surface area contributed by atoms with Crippen LogP contribution in [0.3, 0.4) is 0 Å². The number of Topliss-reactive ketones (excluding diaryl/α,β-unsaturated/α-hetero) is 1. The predicted molar refractivity (Wildman–Crippen MR) is 113 cm³/mol. The van der Waals surface area contributed by atoms with Gasteiger partial charge < -0.3 is 4.74 Å². The second-order valence-corrected chi connectivity index (χ2v) is 7.05. The average molecular weight is 411 g/mol. The Balaban J connectivity index is 2.10. The van der Waals surface area contributed by atoms with Crippen LogP contribution in [0.4, 0.5) is 0 Å². The van der Waals surface area contributed by atoms with Crippen LogP contribution >= 0.6 is 11.6 Å². The Kier molecular flexibility index (Phi) is 6.94. The Morgan fingerprint density at radius 2 is 1.83 bits per heavy atom. The summed E-state index contributed by atoms with van der Waals surface area (Å²) in [4.78, 5) is 35.2. The number of aliphatic imine (C=N–C) groups is 1. The third kappa shape index (κ3) is 4.62. The molecule has 1 aliphatic rings. The molecule has 1 aliphatic heterocycles. The molecule has 2 unspecified atom stereocenters. The molecule has 2 atom stereocenters. The van der Waals surface area contributed by atoms with E-state index in [1.807, 2.05) is 42.5 Å². The van der Waals surface area contributed by atoms with Gasteiger partial charge in [-0.3, -0.25) is 19.6 Å². The fourth-order valence-corrected chi connectivity index (χ4v) is 3.90. The Bertz CT molecular complexity index is 939. The maximum absolute atomic E-state index is 13.3. The summed E-state index contributed by atoms with van der Waals surface area (Å²) in [5.41, 5.74) is 3.07. The Labute approximate surface area is 175 Å². The van der Waals surface area contributed by atoms with E-state index in [1.54, 1.807) is 26.1 Å². The smallest absolute Gasteiger partial charge is 0.315 e. The quantitative estimate of drug-likeness (QED) is 0.508. The van der Waals surface area contributed by atoms with Crippen molar-refractivity contribution in [1.29, 1.82) is 0 Å². The number of aromatic nitrogens is 1. The van der Waals surface area contributed by atoms with Crippen LogP contribution in [0, 0.1) is 5.92 Å². The number of hydrogen-bond acceptors (Lipinski definition) is 5. The van der Waals surface area contributed by atoms with E-state index in [1.165, 1.54) is 0 Å². The highest BCUT2D eigenvalue weighted by atomic mass is 35.5. The second-order valence-electron chi connectivity index (χ2n) is 6.78. The highest BCUT2D eigenvalue weighted by Gasteiger charge is 2.43. The van der Waals surface area contributed by atoms with Crippen molar-refractivity contribution in [3.05, 3.63) is 77.3 Å². The van der Waals surface area contributed by atoms with Crippen LogP contribution in [0.1, 0.15) is 31.0 Å². The molecule has 0 bridgehead atoms. The predicted octanol–water partition coefficient (Wildman–Crippen LogP) is 4.12. The van der Waals surface area contributed by atoms with Gasteiger partial charge in [0.25, 0.3) is 0 Å². The minimum Gasteiger partial charge on any atom is -0.465 e. The van der Waals surface area contributed by atoms with Crippen LogP contribution in [-0.4, -0.2) is 34.9 Å². The summed E-state index contributed by atoms with van der Waals surface area (Å²) in [5.74, 6) is -1.82. The molecule has 0 amide bonds. The fourth-order valence-electron chi connectivity index (χ4n) is 3.68. The molecular weight excluding hydrogens is 388 g/mol. The van der Waals surface area contributed by atoms with E-state index < -0.39 is 17.8 Å². The molecule has 1 aromatic carbocycles. The van der Waals surface area contributed by atoms with Crippen molar-refractivity contribution in [3.8, 4) is 0 Å². The van der Waals surface area contributed by atoms with Gasteiger partial charge >= 0.3 is 5.97 Å². The zero-order valence-corrected chi connectivity index (χ0v) is 17.2. The van der Waals surface area contributed by atoms with Gasteiger partial charge in [-0.15, -0.1) is 11.6 Å². The Morgan fingerprint density at radius 3 is 2.45 bits per heavy atom. The average Bonchev–Trinajstić information content (AvgIpc) is 2.74.